The number of fused-ring (bicyclic) bond motifs is 9. The quantitative estimate of drug-likeness (QED) is 0.0761. The van der Waals surface area contributed by atoms with Gasteiger partial charge in [0.1, 0.15) is 0 Å². The van der Waals surface area contributed by atoms with Crippen LogP contribution in [0, 0.1) is 0 Å². The van der Waals surface area contributed by atoms with Crippen molar-refractivity contribution >= 4 is 21.8 Å². The molecule has 4 heteroatoms. The molecule has 4 nitrogen and oxygen atoms in total. The molecule has 0 unspecified atom stereocenters. The Labute approximate surface area is 387 Å². The first-order chi connectivity index (χ1) is 32.0. The molecule has 0 aliphatic heterocycles. The molecule has 0 radical (unpaired) electrons. The average molecular weight is 855 g/mol. The van der Waals surface area contributed by atoms with Crippen LogP contribution in [0.15, 0.2) is 133 Å². The smallest absolute Gasteiger partial charge is 0.238 e. The van der Waals surface area contributed by atoms with Crippen molar-refractivity contribution in [1.29, 1.82) is 0 Å². The van der Waals surface area contributed by atoms with Crippen LogP contribution < -0.4 is 0 Å². The number of aromatic nitrogens is 4. The summed E-state index contributed by atoms with van der Waals surface area (Å²) in [5, 5.41) is 2.54. The van der Waals surface area contributed by atoms with Crippen molar-refractivity contribution in [3.63, 3.8) is 0 Å². The van der Waals surface area contributed by atoms with Gasteiger partial charge in [0.05, 0.1) is 11.0 Å². The van der Waals surface area contributed by atoms with Gasteiger partial charge in [0.25, 0.3) is 0 Å². The summed E-state index contributed by atoms with van der Waals surface area (Å²) >= 11 is 0. The summed E-state index contributed by atoms with van der Waals surface area (Å²) in [5.41, 5.74) is 15.9. The molecule has 0 spiro atoms. The Morgan fingerprint density at radius 3 is 1.12 bits per heavy atom. The lowest BCUT2D eigenvalue weighted by Crippen LogP contribution is -2.25. The van der Waals surface area contributed by atoms with Crippen LogP contribution >= 0.6 is 0 Å². The molecular weight excluding hydrogens is 789 g/mol. The number of unbranched alkanes of at least 4 members (excludes halogenated alkanes) is 8. The molecule has 0 fully saturated rings. The molecule has 2 aliphatic rings. The van der Waals surface area contributed by atoms with Gasteiger partial charge in [-0.1, -0.05) is 214 Å². The number of benzene rings is 6. The van der Waals surface area contributed by atoms with E-state index in [2.05, 4.69) is 166 Å². The zero-order chi connectivity index (χ0) is 44.4. The maximum absolute atomic E-state index is 5.49. The number of nitrogens with zero attached hydrogens (tertiary/aromatic N) is 4. The third-order valence-electron chi connectivity index (χ3n) is 15.3. The maximum atomic E-state index is 5.49. The van der Waals surface area contributed by atoms with Gasteiger partial charge in [-0.2, -0.15) is 9.97 Å². The molecule has 6 aromatic carbocycles. The van der Waals surface area contributed by atoms with E-state index >= 15 is 0 Å². The lowest BCUT2D eigenvalue weighted by atomic mass is 9.70. The van der Waals surface area contributed by atoms with Gasteiger partial charge >= 0.3 is 0 Å². The highest BCUT2D eigenvalue weighted by Crippen LogP contribution is 2.58. The average Bonchev–Trinajstić information content (AvgIpc) is 3.92. The van der Waals surface area contributed by atoms with E-state index in [1.807, 2.05) is 0 Å². The number of rotatable bonds is 19. The third-order valence-corrected chi connectivity index (χ3v) is 15.3. The number of hydrogen-bond acceptors (Lipinski definition) is 3. The lowest BCUT2D eigenvalue weighted by Gasteiger charge is -2.33. The minimum atomic E-state index is -0.0519. The summed E-state index contributed by atoms with van der Waals surface area (Å²) in [7, 11) is 0. The second-order valence-electron chi connectivity index (χ2n) is 19.3. The predicted octanol–water partition coefficient (Wildman–Crippen LogP) is 17.2. The fraction of sp³-hybridized carbons (Fsp3) is 0.361. The van der Waals surface area contributed by atoms with Gasteiger partial charge in [-0.25, -0.2) is 4.98 Å². The molecule has 0 bridgehead atoms. The van der Waals surface area contributed by atoms with Crippen molar-refractivity contribution < 1.29 is 0 Å². The van der Waals surface area contributed by atoms with E-state index in [0.29, 0.717) is 17.6 Å². The molecule has 0 atom stereocenters. The van der Waals surface area contributed by atoms with E-state index in [1.165, 1.54) is 143 Å². The second kappa shape index (κ2) is 18.6. The summed E-state index contributed by atoms with van der Waals surface area (Å²) < 4.78 is 2.45. The van der Waals surface area contributed by atoms with Crippen molar-refractivity contribution in [2.24, 2.45) is 0 Å². The van der Waals surface area contributed by atoms with E-state index in [4.69, 9.17) is 15.0 Å². The lowest BCUT2D eigenvalue weighted by molar-refractivity contribution is 0.405. The number of hydrogen-bond donors (Lipinski definition) is 0. The summed E-state index contributed by atoms with van der Waals surface area (Å²) in [4.78, 5) is 16.2. The summed E-state index contributed by atoms with van der Waals surface area (Å²) in [6, 6.07) is 50.1. The van der Waals surface area contributed by atoms with Crippen LogP contribution in [0.5, 0.6) is 0 Å². The normalized spacial score (nSPS) is 14.2. The zero-order valence-electron chi connectivity index (χ0n) is 39.3. The monoisotopic (exact) mass is 855 g/mol. The highest BCUT2D eigenvalue weighted by molar-refractivity contribution is 6.13. The summed E-state index contributed by atoms with van der Waals surface area (Å²) in [5.74, 6) is 2.05. The van der Waals surface area contributed by atoms with Gasteiger partial charge in [-0.3, -0.25) is 4.57 Å². The van der Waals surface area contributed by atoms with Gasteiger partial charge in [0.15, 0.2) is 11.6 Å². The Kier molecular flexibility index (Phi) is 12.3. The largest absolute Gasteiger partial charge is 0.278 e. The van der Waals surface area contributed by atoms with Crippen molar-refractivity contribution in [2.45, 2.75) is 141 Å². The SMILES string of the molecule is CCCCCC1(CCCCC)c2ccccc2-c2cc3c4cc5c(cc4n(-c4nc(-c6ccccc6)nc(-c6ccccc6)n4)c3cc21)C(CCCCC)(CCCCC)c1ccccc1-5. The molecule has 0 saturated carbocycles. The molecule has 0 N–H and O–H groups in total. The summed E-state index contributed by atoms with van der Waals surface area (Å²) in [6.45, 7) is 9.34. The molecule has 330 valence electrons. The van der Waals surface area contributed by atoms with E-state index in [1.54, 1.807) is 0 Å². The molecule has 2 aromatic heterocycles. The van der Waals surface area contributed by atoms with Gasteiger partial charge in [0.2, 0.25) is 5.95 Å². The van der Waals surface area contributed by atoms with Crippen LogP contribution in [0.2, 0.25) is 0 Å². The first-order valence-electron chi connectivity index (χ1n) is 25.3. The van der Waals surface area contributed by atoms with Crippen molar-refractivity contribution in [3.8, 4) is 51.0 Å². The minimum absolute atomic E-state index is 0.0519. The Balaban J connectivity index is 1.31. The minimum Gasteiger partial charge on any atom is -0.278 e. The van der Waals surface area contributed by atoms with Gasteiger partial charge in [-0.15, -0.1) is 0 Å². The van der Waals surface area contributed by atoms with Crippen LogP contribution in [0.4, 0.5) is 0 Å². The molecule has 65 heavy (non-hydrogen) atoms. The Morgan fingerprint density at radius 2 is 0.738 bits per heavy atom. The topological polar surface area (TPSA) is 43.6 Å². The molecule has 8 aromatic rings. The molecule has 0 saturated heterocycles. The van der Waals surface area contributed by atoms with Crippen molar-refractivity contribution in [1.82, 2.24) is 19.5 Å². The fourth-order valence-corrected chi connectivity index (χ4v) is 12.1. The van der Waals surface area contributed by atoms with Crippen LogP contribution in [-0.4, -0.2) is 19.5 Å². The maximum Gasteiger partial charge on any atom is 0.238 e. The zero-order valence-corrected chi connectivity index (χ0v) is 39.3. The van der Waals surface area contributed by atoms with Crippen molar-refractivity contribution in [2.75, 3.05) is 0 Å². The van der Waals surface area contributed by atoms with E-state index in [9.17, 15) is 0 Å². The van der Waals surface area contributed by atoms with Crippen LogP contribution in [0.3, 0.4) is 0 Å². The Bertz CT molecular complexity index is 2730. The van der Waals surface area contributed by atoms with Crippen LogP contribution in [-0.2, 0) is 10.8 Å². The molecule has 0 amide bonds. The standard InChI is InChI=1S/C61H66N4/c1-5-9-23-35-60(36-24-10-6-2)51-33-21-19-31-45(51)47-39-49-50-40-48-46-32-20-22-34-52(46)61(37-25-11-7-3,38-26-12-8-4)54(48)42-56(50)65(55(49)41-53(47)60)59-63-57(43-27-15-13-16-28-43)62-58(64-59)44-29-17-14-18-30-44/h13-22,27-34,39-42H,5-12,23-26,35-38H2,1-4H3. The Morgan fingerprint density at radius 1 is 0.369 bits per heavy atom. The fourth-order valence-electron chi connectivity index (χ4n) is 12.1. The first kappa shape index (κ1) is 43.0. The first-order valence-corrected chi connectivity index (χ1v) is 25.3. The highest BCUT2D eigenvalue weighted by atomic mass is 15.2. The molecule has 2 heterocycles. The third kappa shape index (κ3) is 7.51. The molecule has 10 rings (SSSR count). The van der Waals surface area contributed by atoms with Crippen LogP contribution in [0.25, 0.3) is 72.8 Å². The summed E-state index contributed by atoms with van der Waals surface area (Å²) in [6.07, 6.45) is 19.3. The van der Waals surface area contributed by atoms with E-state index < -0.39 is 0 Å². The van der Waals surface area contributed by atoms with E-state index in [0.717, 1.165) is 36.8 Å². The van der Waals surface area contributed by atoms with E-state index in [-0.39, 0.29) is 10.8 Å². The second-order valence-corrected chi connectivity index (χ2v) is 19.3. The van der Waals surface area contributed by atoms with Gasteiger partial charge in [-0.05, 0) is 94.5 Å². The van der Waals surface area contributed by atoms with Crippen molar-refractivity contribution in [3.05, 3.63) is 156 Å². The van der Waals surface area contributed by atoms with Gasteiger partial charge < -0.3 is 0 Å². The molecule has 2 aliphatic carbocycles. The Hall–Kier alpha value is -5.87. The van der Waals surface area contributed by atoms with Crippen LogP contribution in [0.1, 0.15) is 153 Å². The predicted molar refractivity (Wildman–Crippen MR) is 274 cm³/mol. The van der Waals surface area contributed by atoms with Gasteiger partial charge in [0, 0.05) is 32.7 Å². The molecular formula is C61H66N4. The highest BCUT2D eigenvalue weighted by Gasteiger charge is 2.45.